The Morgan fingerprint density at radius 1 is 1.14 bits per heavy atom. The normalized spacial score (nSPS) is 10.7. The zero-order valence-electron chi connectivity index (χ0n) is 11.9. The first-order valence-corrected chi connectivity index (χ1v) is 6.99. The fraction of sp³-hybridized carbons (Fsp3) is 0.176. The van der Waals surface area contributed by atoms with Crippen molar-refractivity contribution in [2.75, 3.05) is 11.9 Å². The summed E-state index contributed by atoms with van der Waals surface area (Å²) in [6, 6.07) is 15.6. The van der Waals surface area contributed by atoms with Crippen LogP contribution in [0.4, 0.5) is 5.69 Å². The maximum absolute atomic E-state index is 12.3. The molecule has 0 spiro atoms. The topological polar surface area (TPSA) is 46.9 Å². The van der Waals surface area contributed by atoms with Crippen LogP contribution in [0, 0.1) is 6.92 Å². The van der Waals surface area contributed by atoms with Gasteiger partial charge in [-0.2, -0.15) is 0 Å². The summed E-state index contributed by atoms with van der Waals surface area (Å²) in [6.45, 7) is 3.33. The van der Waals surface area contributed by atoms with Crippen molar-refractivity contribution in [2.45, 2.75) is 13.5 Å². The first-order valence-electron chi connectivity index (χ1n) is 6.99. The molecule has 0 saturated heterocycles. The lowest BCUT2D eigenvalue weighted by Crippen LogP contribution is -2.24. The molecule has 106 valence electrons. The largest absolute Gasteiger partial charge is 0.383 e. The molecule has 0 bridgehead atoms. The third kappa shape index (κ3) is 2.94. The van der Waals surface area contributed by atoms with E-state index in [1.807, 2.05) is 36.4 Å². The molecule has 3 rings (SSSR count). The average molecular weight is 279 g/mol. The number of anilines is 1. The summed E-state index contributed by atoms with van der Waals surface area (Å²) in [6.07, 6.45) is 1.61. The molecule has 0 aliphatic rings. The van der Waals surface area contributed by atoms with Gasteiger partial charge in [0, 0.05) is 18.8 Å². The summed E-state index contributed by atoms with van der Waals surface area (Å²) in [7, 11) is 0. The lowest BCUT2D eigenvalue weighted by atomic mass is 10.2. The first kappa shape index (κ1) is 13.4. The Morgan fingerprint density at radius 3 is 2.86 bits per heavy atom. The molecule has 3 aromatic rings. The molecular formula is C17H17N3O. The Kier molecular flexibility index (Phi) is 3.69. The van der Waals surface area contributed by atoms with Crippen LogP contribution in [0.3, 0.4) is 0 Å². The van der Waals surface area contributed by atoms with Crippen molar-refractivity contribution in [3.05, 3.63) is 70.8 Å². The quantitative estimate of drug-likeness (QED) is 0.799. The highest BCUT2D eigenvalue weighted by Gasteiger charge is 2.02. The molecule has 2 aromatic carbocycles. The van der Waals surface area contributed by atoms with Gasteiger partial charge in [-0.1, -0.05) is 24.3 Å². The van der Waals surface area contributed by atoms with Gasteiger partial charge in [-0.15, -0.1) is 0 Å². The number of fused-ring (bicyclic) bond motifs is 1. The average Bonchev–Trinajstić information content (AvgIpc) is 2.50. The van der Waals surface area contributed by atoms with E-state index in [0.717, 1.165) is 11.2 Å². The second kappa shape index (κ2) is 5.79. The Morgan fingerprint density at radius 2 is 2.00 bits per heavy atom. The monoisotopic (exact) mass is 279 g/mol. The summed E-state index contributed by atoms with van der Waals surface area (Å²) in [4.78, 5) is 16.6. The van der Waals surface area contributed by atoms with E-state index in [1.165, 1.54) is 5.56 Å². The van der Waals surface area contributed by atoms with Crippen molar-refractivity contribution in [1.82, 2.24) is 9.55 Å². The van der Waals surface area contributed by atoms with Gasteiger partial charge in [-0.3, -0.25) is 9.36 Å². The zero-order valence-corrected chi connectivity index (χ0v) is 11.9. The van der Waals surface area contributed by atoms with Crippen molar-refractivity contribution in [2.24, 2.45) is 0 Å². The van der Waals surface area contributed by atoms with Gasteiger partial charge in [0.05, 0.1) is 17.2 Å². The number of nitrogens with one attached hydrogen (secondary N) is 1. The number of rotatable bonds is 4. The molecule has 1 N–H and O–H groups in total. The van der Waals surface area contributed by atoms with Crippen LogP contribution in [0.25, 0.3) is 10.9 Å². The predicted molar refractivity (Wildman–Crippen MR) is 85.7 cm³/mol. The van der Waals surface area contributed by atoms with Crippen LogP contribution in [-0.2, 0) is 6.54 Å². The van der Waals surface area contributed by atoms with Gasteiger partial charge in [0.2, 0.25) is 0 Å². The summed E-state index contributed by atoms with van der Waals surface area (Å²) in [5.74, 6) is 0. The van der Waals surface area contributed by atoms with Gasteiger partial charge in [0.15, 0.2) is 0 Å². The predicted octanol–water partition coefficient (Wildman–Crippen LogP) is 2.82. The summed E-state index contributed by atoms with van der Waals surface area (Å²) >= 11 is 0. The number of para-hydroxylation sites is 1. The molecule has 21 heavy (non-hydrogen) atoms. The van der Waals surface area contributed by atoms with Gasteiger partial charge in [0.25, 0.3) is 5.56 Å². The Bertz CT molecular complexity index is 823. The Labute approximate surface area is 123 Å². The van der Waals surface area contributed by atoms with Crippen molar-refractivity contribution in [3.63, 3.8) is 0 Å². The number of aryl methyl sites for hydroxylation is 1. The maximum Gasteiger partial charge on any atom is 0.261 e. The van der Waals surface area contributed by atoms with Crippen LogP contribution in [0.1, 0.15) is 5.56 Å². The van der Waals surface area contributed by atoms with Crippen molar-refractivity contribution >= 4 is 16.6 Å². The van der Waals surface area contributed by atoms with Crippen LogP contribution >= 0.6 is 0 Å². The first-order chi connectivity index (χ1) is 10.2. The smallest absolute Gasteiger partial charge is 0.261 e. The van der Waals surface area contributed by atoms with E-state index in [4.69, 9.17) is 0 Å². The highest BCUT2D eigenvalue weighted by molar-refractivity contribution is 5.76. The molecule has 0 saturated carbocycles. The third-order valence-electron chi connectivity index (χ3n) is 3.43. The van der Waals surface area contributed by atoms with Gasteiger partial charge < -0.3 is 5.32 Å². The highest BCUT2D eigenvalue weighted by Crippen LogP contribution is 2.09. The van der Waals surface area contributed by atoms with Crippen LogP contribution in [0.15, 0.2) is 59.7 Å². The van der Waals surface area contributed by atoms with Crippen LogP contribution in [0.2, 0.25) is 0 Å². The Balaban J connectivity index is 1.74. The number of nitrogens with zero attached hydrogens (tertiary/aromatic N) is 2. The zero-order chi connectivity index (χ0) is 14.7. The van der Waals surface area contributed by atoms with Crippen molar-refractivity contribution in [3.8, 4) is 0 Å². The SMILES string of the molecule is Cc1cccc(NCCn2cnc3ccccc3c2=O)c1. The highest BCUT2D eigenvalue weighted by atomic mass is 16.1. The number of hydrogen-bond donors (Lipinski definition) is 1. The second-order valence-corrected chi connectivity index (χ2v) is 5.06. The standard InChI is InChI=1S/C17H17N3O/c1-13-5-4-6-14(11-13)18-9-10-20-12-19-16-8-3-2-7-15(16)17(20)21/h2-8,11-12,18H,9-10H2,1H3. The molecule has 0 aliphatic carbocycles. The molecule has 0 amide bonds. The molecule has 4 nitrogen and oxygen atoms in total. The second-order valence-electron chi connectivity index (χ2n) is 5.06. The number of hydrogen-bond acceptors (Lipinski definition) is 3. The van der Waals surface area contributed by atoms with E-state index in [0.29, 0.717) is 18.5 Å². The van der Waals surface area contributed by atoms with Crippen LogP contribution in [-0.4, -0.2) is 16.1 Å². The molecule has 4 heteroatoms. The lowest BCUT2D eigenvalue weighted by molar-refractivity contribution is 0.689. The molecule has 0 aliphatic heterocycles. The molecule has 0 fully saturated rings. The van der Waals surface area contributed by atoms with Gasteiger partial charge >= 0.3 is 0 Å². The molecular weight excluding hydrogens is 262 g/mol. The minimum Gasteiger partial charge on any atom is -0.383 e. The summed E-state index contributed by atoms with van der Waals surface area (Å²) in [5.41, 5.74) is 3.03. The lowest BCUT2D eigenvalue weighted by Gasteiger charge is -2.09. The molecule has 0 radical (unpaired) electrons. The van der Waals surface area contributed by atoms with Crippen LogP contribution in [0.5, 0.6) is 0 Å². The number of benzene rings is 2. The fourth-order valence-corrected chi connectivity index (χ4v) is 2.34. The van der Waals surface area contributed by atoms with E-state index in [9.17, 15) is 4.79 Å². The third-order valence-corrected chi connectivity index (χ3v) is 3.43. The van der Waals surface area contributed by atoms with E-state index in [1.54, 1.807) is 10.9 Å². The van der Waals surface area contributed by atoms with Gasteiger partial charge in [0.1, 0.15) is 0 Å². The molecule has 1 aromatic heterocycles. The molecule has 1 heterocycles. The summed E-state index contributed by atoms with van der Waals surface area (Å²) < 4.78 is 1.64. The number of aromatic nitrogens is 2. The molecule has 0 atom stereocenters. The minimum atomic E-state index is 0.00615. The molecule has 0 unspecified atom stereocenters. The van der Waals surface area contributed by atoms with E-state index in [2.05, 4.69) is 29.4 Å². The van der Waals surface area contributed by atoms with Gasteiger partial charge in [-0.25, -0.2) is 4.98 Å². The van der Waals surface area contributed by atoms with E-state index in [-0.39, 0.29) is 5.56 Å². The van der Waals surface area contributed by atoms with Gasteiger partial charge in [-0.05, 0) is 36.8 Å². The van der Waals surface area contributed by atoms with Crippen molar-refractivity contribution < 1.29 is 0 Å². The van der Waals surface area contributed by atoms with E-state index >= 15 is 0 Å². The van der Waals surface area contributed by atoms with E-state index < -0.39 is 0 Å². The Hall–Kier alpha value is -2.62. The van der Waals surface area contributed by atoms with Crippen LogP contribution < -0.4 is 10.9 Å². The summed E-state index contributed by atoms with van der Waals surface area (Å²) in [5, 5.41) is 3.98. The fourth-order valence-electron chi connectivity index (χ4n) is 2.34. The van der Waals surface area contributed by atoms with Crippen molar-refractivity contribution in [1.29, 1.82) is 0 Å². The maximum atomic E-state index is 12.3. The minimum absolute atomic E-state index is 0.00615.